The molecule has 2 N–H and O–H groups in total. The van der Waals surface area contributed by atoms with E-state index in [1.54, 1.807) is 0 Å². The first kappa shape index (κ1) is 8.97. The summed E-state index contributed by atoms with van der Waals surface area (Å²) in [6.07, 6.45) is 2.05. The van der Waals surface area contributed by atoms with Gasteiger partial charge in [0.2, 0.25) is 0 Å². The Hall–Kier alpha value is -0.600. The normalized spacial score (nSPS) is 18.8. The first-order valence-electron chi connectivity index (χ1n) is 4.46. The van der Waals surface area contributed by atoms with Gasteiger partial charge in [0.15, 0.2) is 0 Å². The summed E-state index contributed by atoms with van der Waals surface area (Å²) in [5.41, 5.74) is 9.08. The van der Waals surface area contributed by atoms with Crippen LogP contribution in [0.15, 0.2) is 6.07 Å². The van der Waals surface area contributed by atoms with Crippen LogP contribution in [0, 0.1) is 13.8 Å². The summed E-state index contributed by atoms with van der Waals surface area (Å²) in [5.74, 6) is 0. The lowest BCUT2D eigenvalue weighted by atomic mass is 10.0. The van der Waals surface area contributed by atoms with Gasteiger partial charge in [-0.3, -0.25) is 0 Å². The van der Waals surface area contributed by atoms with Crippen LogP contribution in [0.2, 0.25) is 5.15 Å². The third kappa shape index (κ3) is 1.45. The van der Waals surface area contributed by atoms with E-state index in [9.17, 15) is 0 Å². The average Bonchev–Trinajstić information content (AvgIpc) is 2.65. The predicted molar refractivity (Wildman–Crippen MR) is 53.8 cm³/mol. The number of nitrogens with zero attached hydrogens (tertiary/aromatic N) is 1. The van der Waals surface area contributed by atoms with Gasteiger partial charge in [0, 0.05) is 16.8 Å². The standard InChI is InChI=1S/C10H13ClN2/c1-6-5-7(2)13-9(11)8(6)10(12)3-4-10/h5H,3-4,12H2,1-2H3. The van der Waals surface area contributed by atoms with Crippen LogP contribution in [0.1, 0.15) is 29.7 Å². The number of rotatable bonds is 1. The molecule has 3 heteroatoms. The number of pyridine rings is 1. The van der Waals surface area contributed by atoms with Gasteiger partial charge >= 0.3 is 0 Å². The van der Waals surface area contributed by atoms with Gasteiger partial charge in [-0.05, 0) is 38.3 Å². The number of hydrogen-bond acceptors (Lipinski definition) is 2. The van der Waals surface area contributed by atoms with Gasteiger partial charge in [0.05, 0.1) is 0 Å². The van der Waals surface area contributed by atoms with Crippen molar-refractivity contribution in [2.75, 3.05) is 0 Å². The number of nitrogens with two attached hydrogens (primary N) is 1. The van der Waals surface area contributed by atoms with Crippen molar-refractivity contribution in [2.24, 2.45) is 5.73 Å². The molecule has 1 aromatic heterocycles. The lowest BCUT2D eigenvalue weighted by molar-refractivity contribution is 0.727. The van der Waals surface area contributed by atoms with Crippen molar-refractivity contribution in [3.05, 3.63) is 28.0 Å². The SMILES string of the molecule is Cc1cc(C)c(C2(N)CC2)c(Cl)n1. The van der Waals surface area contributed by atoms with Crippen LogP contribution in [0.5, 0.6) is 0 Å². The molecule has 13 heavy (non-hydrogen) atoms. The molecular formula is C10H13ClN2. The van der Waals surface area contributed by atoms with E-state index in [4.69, 9.17) is 17.3 Å². The van der Waals surface area contributed by atoms with Crippen molar-refractivity contribution in [1.29, 1.82) is 0 Å². The molecule has 2 nitrogen and oxygen atoms in total. The number of aromatic nitrogens is 1. The van der Waals surface area contributed by atoms with Gasteiger partial charge in [-0.1, -0.05) is 11.6 Å². The first-order valence-corrected chi connectivity index (χ1v) is 4.84. The van der Waals surface area contributed by atoms with Gasteiger partial charge < -0.3 is 5.73 Å². The molecule has 1 saturated carbocycles. The van der Waals surface area contributed by atoms with Crippen molar-refractivity contribution in [1.82, 2.24) is 4.98 Å². The summed E-state index contributed by atoms with van der Waals surface area (Å²) in [5, 5.41) is 0.581. The van der Waals surface area contributed by atoms with Gasteiger partial charge in [-0.2, -0.15) is 0 Å². The molecule has 0 bridgehead atoms. The Morgan fingerprint density at radius 2 is 2.08 bits per heavy atom. The number of halogens is 1. The van der Waals surface area contributed by atoms with E-state index in [0.29, 0.717) is 5.15 Å². The van der Waals surface area contributed by atoms with E-state index < -0.39 is 0 Å². The topological polar surface area (TPSA) is 38.9 Å². The summed E-state index contributed by atoms with van der Waals surface area (Å²) in [4.78, 5) is 4.23. The van der Waals surface area contributed by atoms with Crippen LogP contribution in [-0.4, -0.2) is 4.98 Å². The lowest BCUT2D eigenvalue weighted by Crippen LogP contribution is -2.21. The molecule has 0 radical (unpaired) electrons. The minimum absolute atomic E-state index is 0.179. The van der Waals surface area contributed by atoms with Crippen molar-refractivity contribution >= 4 is 11.6 Å². The van der Waals surface area contributed by atoms with Crippen LogP contribution in [0.4, 0.5) is 0 Å². The molecular weight excluding hydrogens is 184 g/mol. The number of aryl methyl sites for hydroxylation is 2. The largest absolute Gasteiger partial charge is 0.321 e. The maximum atomic E-state index is 6.10. The lowest BCUT2D eigenvalue weighted by Gasteiger charge is -2.14. The Labute approximate surface area is 83.1 Å². The van der Waals surface area contributed by atoms with E-state index in [2.05, 4.69) is 4.98 Å². The smallest absolute Gasteiger partial charge is 0.134 e. The maximum absolute atomic E-state index is 6.10. The molecule has 1 heterocycles. The van der Waals surface area contributed by atoms with E-state index in [-0.39, 0.29) is 5.54 Å². The van der Waals surface area contributed by atoms with E-state index in [1.165, 1.54) is 0 Å². The Morgan fingerprint density at radius 3 is 2.54 bits per heavy atom. The predicted octanol–water partition coefficient (Wildman–Crippen LogP) is 2.30. The van der Waals surface area contributed by atoms with Crippen molar-refractivity contribution in [3.8, 4) is 0 Å². The second-order valence-electron chi connectivity index (χ2n) is 3.90. The summed E-state index contributed by atoms with van der Waals surface area (Å²) < 4.78 is 0. The second-order valence-corrected chi connectivity index (χ2v) is 4.26. The molecule has 0 amide bonds. The highest BCUT2D eigenvalue weighted by Gasteiger charge is 2.43. The molecule has 1 fully saturated rings. The van der Waals surface area contributed by atoms with Gasteiger partial charge in [-0.25, -0.2) is 4.98 Å². The molecule has 0 saturated heterocycles. The van der Waals surface area contributed by atoms with Crippen molar-refractivity contribution in [2.45, 2.75) is 32.2 Å². The molecule has 2 rings (SSSR count). The van der Waals surface area contributed by atoms with Crippen LogP contribution in [0.3, 0.4) is 0 Å². The highest BCUT2D eigenvalue weighted by molar-refractivity contribution is 6.30. The molecule has 70 valence electrons. The monoisotopic (exact) mass is 196 g/mol. The zero-order chi connectivity index (χ0) is 9.64. The van der Waals surface area contributed by atoms with Gasteiger partial charge in [0.1, 0.15) is 5.15 Å². The maximum Gasteiger partial charge on any atom is 0.134 e. The molecule has 0 aromatic carbocycles. The molecule has 0 spiro atoms. The van der Waals surface area contributed by atoms with E-state index >= 15 is 0 Å². The minimum atomic E-state index is -0.179. The quantitative estimate of drug-likeness (QED) is 0.701. The minimum Gasteiger partial charge on any atom is -0.321 e. The Morgan fingerprint density at radius 1 is 1.46 bits per heavy atom. The van der Waals surface area contributed by atoms with Crippen LogP contribution in [0.25, 0.3) is 0 Å². The molecule has 0 aliphatic heterocycles. The molecule has 0 unspecified atom stereocenters. The number of hydrogen-bond donors (Lipinski definition) is 1. The summed E-state index contributed by atoms with van der Waals surface area (Å²) >= 11 is 6.07. The van der Waals surface area contributed by atoms with E-state index in [1.807, 2.05) is 19.9 Å². The Bertz CT molecular complexity index is 333. The molecule has 1 aliphatic carbocycles. The second kappa shape index (κ2) is 2.69. The van der Waals surface area contributed by atoms with Crippen molar-refractivity contribution in [3.63, 3.8) is 0 Å². The third-order valence-electron chi connectivity index (χ3n) is 2.59. The van der Waals surface area contributed by atoms with Crippen LogP contribution in [-0.2, 0) is 5.54 Å². The summed E-state index contributed by atoms with van der Waals surface area (Å²) in [6.45, 7) is 3.99. The molecule has 1 aromatic rings. The zero-order valence-corrected chi connectivity index (χ0v) is 8.65. The molecule has 1 aliphatic rings. The zero-order valence-electron chi connectivity index (χ0n) is 7.89. The summed E-state index contributed by atoms with van der Waals surface area (Å²) in [6, 6.07) is 2.04. The van der Waals surface area contributed by atoms with Gasteiger partial charge in [0.25, 0.3) is 0 Å². The van der Waals surface area contributed by atoms with Gasteiger partial charge in [-0.15, -0.1) is 0 Å². The highest BCUT2D eigenvalue weighted by Crippen LogP contribution is 2.46. The van der Waals surface area contributed by atoms with Crippen molar-refractivity contribution < 1.29 is 0 Å². The fraction of sp³-hybridized carbons (Fsp3) is 0.500. The average molecular weight is 197 g/mol. The van der Waals surface area contributed by atoms with E-state index in [0.717, 1.165) is 29.7 Å². The fourth-order valence-electron chi connectivity index (χ4n) is 1.77. The highest BCUT2D eigenvalue weighted by atomic mass is 35.5. The van der Waals surface area contributed by atoms with Crippen LogP contribution < -0.4 is 5.73 Å². The third-order valence-corrected chi connectivity index (χ3v) is 2.86. The fourth-order valence-corrected chi connectivity index (χ4v) is 2.24. The summed E-state index contributed by atoms with van der Waals surface area (Å²) in [7, 11) is 0. The molecule has 0 atom stereocenters. The van der Waals surface area contributed by atoms with Crippen LogP contribution >= 0.6 is 11.6 Å². The first-order chi connectivity index (χ1) is 6.03. The Balaban J connectivity index is 2.57. The Kier molecular flexibility index (Phi) is 1.86.